The molecular formula is C25H41N3O2S. The summed E-state index contributed by atoms with van der Waals surface area (Å²) in [4.78, 5) is 26.0. The summed E-state index contributed by atoms with van der Waals surface area (Å²) in [5, 5.41) is 9.84. The van der Waals surface area contributed by atoms with E-state index in [1.807, 2.05) is 30.5 Å². The van der Waals surface area contributed by atoms with E-state index >= 15 is 0 Å². The van der Waals surface area contributed by atoms with Crippen molar-refractivity contribution in [2.24, 2.45) is 0 Å². The van der Waals surface area contributed by atoms with Gasteiger partial charge in [0.05, 0.1) is 0 Å². The van der Waals surface area contributed by atoms with E-state index in [2.05, 4.69) is 64.4 Å². The van der Waals surface area contributed by atoms with Crippen LogP contribution in [0.1, 0.15) is 83.7 Å². The van der Waals surface area contributed by atoms with Gasteiger partial charge in [0.1, 0.15) is 6.04 Å². The van der Waals surface area contributed by atoms with E-state index in [0.717, 1.165) is 18.6 Å². The van der Waals surface area contributed by atoms with Crippen LogP contribution >= 0.6 is 11.8 Å². The van der Waals surface area contributed by atoms with E-state index in [0.29, 0.717) is 12.0 Å². The Bertz CT molecular complexity index is 750. The molecule has 1 fully saturated rings. The predicted molar refractivity (Wildman–Crippen MR) is 132 cm³/mol. The van der Waals surface area contributed by atoms with Crippen molar-refractivity contribution < 1.29 is 9.59 Å². The molecule has 0 spiro atoms. The monoisotopic (exact) mass is 447 g/mol. The summed E-state index contributed by atoms with van der Waals surface area (Å²) in [5.74, 6) is 0.518. The van der Waals surface area contributed by atoms with Gasteiger partial charge in [-0.05, 0) is 82.1 Å². The van der Waals surface area contributed by atoms with Crippen molar-refractivity contribution in [1.82, 2.24) is 16.0 Å². The lowest BCUT2D eigenvalue weighted by Crippen LogP contribution is -2.63. The van der Waals surface area contributed by atoms with Crippen molar-refractivity contribution in [1.29, 1.82) is 0 Å². The molecule has 1 atom stereocenters. The molecule has 2 amide bonds. The molecule has 0 saturated carbocycles. The number of benzene rings is 1. The number of carbonyl (C=O) groups is 2. The second-order valence-corrected chi connectivity index (χ2v) is 12.1. The molecule has 0 radical (unpaired) electrons. The van der Waals surface area contributed by atoms with Crippen LogP contribution in [0, 0.1) is 0 Å². The van der Waals surface area contributed by atoms with Gasteiger partial charge in [0, 0.05) is 22.7 Å². The van der Waals surface area contributed by atoms with E-state index in [9.17, 15) is 9.59 Å². The lowest BCUT2D eigenvalue weighted by molar-refractivity contribution is -0.124. The molecule has 0 aliphatic carbocycles. The average molecular weight is 448 g/mol. The highest BCUT2D eigenvalue weighted by atomic mass is 32.2. The van der Waals surface area contributed by atoms with E-state index in [1.165, 1.54) is 5.56 Å². The van der Waals surface area contributed by atoms with Crippen LogP contribution in [0.15, 0.2) is 24.3 Å². The standard InChI is InChI=1S/C25H41N3O2S/c1-23(2,3)18-11-9-17(10-12-18)21(29)27-20(13-14-31-8)22(30)26-19-15-24(4,5)28-25(6,7)16-19/h9-12,19-20,28H,13-16H2,1-8H3,(H,26,30)(H,27,29). The fourth-order valence-corrected chi connectivity index (χ4v) is 5.07. The zero-order valence-electron chi connectivity index (χ0n) is 20.5. The normalized spacial score (nSPS) is 19.5. The van der Waals surface area contributed by atoms with Crippen molar-refractivity contribution in [3.63, 3.8) is 0 Å². The van der Waals surface area contributed by atoms with Crippen LogP contribution in [0.2, 0.25) is 0 Å². The summed E-state index contributed by atoms with van der Waals surface area (Å²) in [6, 6.07) is 7.21. The van der Waals surface area contributed by atoms with Crippen molar-refractivity contribution >= 4 is 23.6 Å². The number of nitrogens with one attached hydrogen (secondary N) is 3. The molecule has 31 heavy (non-hydrogen) atoms. The van der Waals surface area contributed by atoms with Crippen LogP contribution in [0.5, 0.6) is 0 Å². The summed E-state index contributed by atoms with van der Waals surface area (Å²) in [6.45, 7) is 15.1. The van der Waals surface area contributed by atoms with Gasteiger partial charge < -0.3 is 16.0 Å². The topological polar surface area (TPSA) is 70.2 Å². The molecule has 5 nitrogen and oxygen atoms in total. The Labute approximate surface area is 192 Å². The fraction of sp³-hybridized carbons (Fsp3) is 0.680. The zero-order valence-corrected chi connectivity index (χ0v) is 21.3. The third-order valence-corrected chi connectivity index (χ3v) is 6.43. The van der Waals surface area contributed by atoms with Crippen LogP contribution in [0.25, 0.3) is 0 Å². The van der Waals surface area contributed by atoms with Gasteiger partial charge in [-0.15, -0.1) is 0 Å². The summed E-state index contributed by atoms with van der Waals surface area (Å²) in [6.07, 6.45) is 4.34. The van der Waals surface area contributed by atoms with E-state index in [1.54, 1.807) is 11.8 Å². The average Bonchev–Trinajstić information content (AvgIpc) is 2.61. The van der Waals surface area contributed by atoms with Crippen LogP contribution in [0.4, 0.5) is 0 Å². The van der Waals surface area contributed by atoms with Gasteiger partial charge in [-0.1, -0.05) is 32.9 Å². The summed E-state index contributed by atoms with van der Waals surface area (Å²) in [7, 11) is 0. The molecule has 6 heteroatoms. The second-order valence-electron chi connectivity index (χ2n) is 11.1. The van der Waals surface area contributed by atoms with Crippen LogP contribution in [-0.2, 0) is 10.2 Å². The number of thioether (sulfide) groups is 1. The van der Waals surface area contributed by atoms with Crippen LogP contribution in [-0.4, -0.2) is 47.0 Å². The quantitative estimate of drug-likeness (QED) is 0.584. The number of rotatable bonds is 7. The number of hydrogen-bond acceptors (Lipinski definition) is 4. The number of amides is 2. The predicted octanol–water partition coefficient (Wildman–Crippen LogP) is 4.26. The number of piperidine rings is 1. The first-order valence-electron chi connectivity index (χ1n) is 11.2. The largest absolute Gasteiger partial charge is 0.351 e. The van der Waals surface area contributed by atoms with Crippen LogP contribution < -0.4 is 16.0 Å². The Morgan fingerprint density at radius 3 is 2.13 bits per heavy atom. The molecular weight excluding hydrogens is 406 g/mol. The molecule has 174 valence electrons. The third-order valence-electron chi connectivity index (χ3n) is 5.78. The SMILES string of the molecule is CSCCC(NC(=O)c1ccc(C(C)(C)C)cc1)C(=O)NC1CC(C)(C)NC(C)(C)C1. The van der Waals surface area contributed by atoms with Gasteiger partial charge in [0.25, 0.3) is 5.91 Å². The van der Waals surface area contributed by atoms with Gasteiger partial charge in [-0.25, -0.2) is 0 Å². The minimum atomic E-state index is -0.539. The lowest BCUT2D eigenvalue weighted by Gasteiger charge is -2.46. The second kappa shape index (κ2) is 9.95. The van der Waals surface area contributed by atoms with Crippen molar-refractivity contribution in [2.75, 3.05) is 12.0 Å². The molecule has 1 heterocycles. The molecule has 3 N–H and O–H groups in total. The van der Waals surface area contributed by atoms with Crippen molar-refractivity contribution in [2.45, 2.75) is 96.3 Å². The Morgan fingerprint density at radius 2 is 1.65 bits per heavy atom. The highest BCUT2D eigenvalue weighted by molar-refractivity contribution is 7.98. The minimum Gasteiger partial charge on any atom is -0.351 e. The molecule has 0 aromatic heterocycles. The Balaban J connectivity index is 2.08. The van der Waals surface area contributed by atoms with Gasteiger partial charge in [-0.3, -0.25) is 9.59 Å². The van der Waals surface area contributed by atoms with E-state index < -0.39 is 6.04 Å². The molecule has 1 aliphatic rings. The first kappa shape index (κ1) is 25.7. The summed E-state index contributed by atoms with van der Waals surface area (Å²) < 4.78 is 0. The van der Waals surface area contributed by atoms with Crippen molar-refractivity contribution in [3.8, 4) is 0 Å². The van der Waals surface area contributed by atoms with E-state index in [4.69, 9.17) is 0 Å². The summed E-state index contributed by atoms with van der Waals surface area (Å²) in [5.41, 5.74) is 1.70. The third kappa shape index (κ3) is 7.83. The van der Waals surface area contributed by atoms with Crippen molar-refractivity contribution in [3.05, 3.63) is 35.4 Å². The van der Waals surface area contributed by atoms with Gasteiger partial charge >= 0.3 is 0 Å². The Morgan fingerprint density at radius 1 is 1.10 bits per heavy atom. The minimum absolute atomic E-state index is 0.0339. The maximum absolute atomic E-state index is 13.1. The maximum atomic E-state index is 13.1. The molecule has 1 aliphatic heterocycles. The first-order chi connectivity index (χ1) is 14.2. The molecule has 1 saturated heterocycles. The smallest absolute Gasteiger partial charge is 0.251 e. The van der Waals surface area contributed by atoms with E-state index in [-0.39, 0.29) is 34.3 Å². The Kier molecular flexibility index (Phi) is 8.26. The molecule has 2 rings (SSSR count). The molecule has 1 aromatic carbocycles. The fourth-order valence-electron chi connectivity index (χ4n) is 4.59. The van der Waals surface area contributed by atoms with Gasteiger partial charge in [-0.2, -0.15) is 11.8 Å². The van der Waals surface area contributed by atoms with Gasteiger partial charge in [0.15, 0.2) is 0 Å². The zero-order chi connectivity index (χ0) is 23.4. The number of hydrogen-bond donors (Lipinski definition) is 3. The Hall–Kier alpha value is -1.53. The lowest BCUT2D eigenvalue weighted by atomic mass is 9.79. The highest BCUT2D eigenvalue weighted by Gasteiger charge is 2.38. The molecule has 1 aromatic rings. The molecule has 0 bridgehead atoms. The highest BCUT2D eigenvalue weighted by Crippen LogP contribution is 2.28. The summed E-state index contributed by atoms with van der Waals surface area (Å²) >= 11 is 1.68. The van der Waals surface area contributed by atoms with Gasteiger partial charge in [0.2, 0.25) is 5.91 Å². The number of carbonyl (C=O) groups excluding carboxylic acids is 2. The first-order valence-corrected chi connectivity index (χ1v) is 12.6. The molecule has 1 unspecified atom stereocenters. The van der Waals surface area contributed by atoms with Crippen LogP contribution in [0.3, 0.4) is 0 Å². The maximum Gasteiger partial charge on any atom is 0.251 e.